The summed E-state index contributed by atoms with van der Waals surface area (Å²) in [5, 5.41) is 10.4. The van der Waals surface area contributed by atoms with Crippen LogP contribution in [0, 0.1) is 0 Å². The van der Waals surface area contributed by atoms with Crippen molar-refractivity contribution in [2.75, 3.05) is 5.32 Å². The minimum absolute atomic E-state index is 0.0249. The summed E-state index contributed by atoms with van der Waals surface area (Å²) in [6.45, 7) is 0. The van der Waals surface area contributed by atoms with Crippen LogP contribution in [0.25, 0.3) is 0 Å². The van der Waals surface area contributed by atoms with Crippen molar-refractivity contribution in [3.05, 3.63) is 34.8 Å². The molecule has 0 saturated heterocycles. The summed E-state index contributed by atoms with van der Waals surface area (Å²) in [6.07, 6.45) is -0.226. The summed E-state index contributed by atoms with van der Waals surface area (Å²) < 4.78 is 39.0. The lowest BCUT2D eigenvalue weighted by molar-refractivity contribution is -0.137. The summed E-state index contributed by atoms with van der Waals surface area (Å²) in [5.41, 5.74) is 0.633. The standard InChI is InChI=1S/C15H14F3N3OS2/c16-15(17,18)9-5-6-12(24-10-3-1-2-4-10)11(7-9)13(22)20-14-21-19-8-23-14/h5-8,10H,1-4H2,(H,20,21,22). The number of hydrogen-bond donors (Lipinski definition) is 1. The number of benzene rings is 1. The molecule has 1 amide bonds. The van der Waals surface area contributed by atoms with Crippen LogP contribution in [0.4, 0.5) is 18.3 Å². The molecule has 24 heavy (non-hydrogen) atoms. The molecule has 0 unspecified atom stereocenters. The highest BCUT2D eigenvalue weighted by Gasteiger charge is 2.32. The monoisotopic (exact) mass is 373 g/mol. The Labute approximate surface area is 144 Å². The lowest BCUT2D eigenvalue weighted by atomic mass is 10.1. The van der Waals surface area contributed by atoms with Gasteiger partial charge in [0.1, 0.15) is 5.51 Å². The maximum atomic E-state index is 13.0. The topological polar surface area (TPSA) is 54.9 Å². The van der Waals surface area contributed by atoms with E-state index in [-0.39, 0.29) is 10.7 Å². The molecule has 4 nitrogen and oxygen atoms in total. The summed E-state index contributed by atoms with van der Waals surface area (Å²) in [4.78, 5) is 13.0. The molecular weight excluding hydrogens is 359 g/mol. The van der Waals surface area contributed by atoms with E-state index in [9.17, 15) is 18.0 Å². The molecule has 0 aliphatic heterocycles. The number of thioether (sulfide) groups is 1. The fourth-order valence-electron chi connectivity index (χ4n) is 2.56. The van der Waals surface area contributed by atoms with Gasteiger partial charge >= 0.3 is 6.18 Å². The van der Waals surface area contributed by atoms with E-state index < -0.39 is 17.6 Å². The van der Waals surface area contributed by atoms with Gasteiger partial charge in [-0.25, -0.2) is 0 Å². The van der Waals surface area contributed by atoms with Gasteiger partial charge < -0.3 is 0 Å². The van der Waals surface area contributed by atoms with Gasteiger partial charge in [-0.1, -0.05) is 24.2 Å². The molecule has 0 spiro atoms. The van der Waals surface area contributed by atoms with Gasteiger partial charge in [-0.3, -0.25) is 10.1 Å². The first-order chi connectivity index (χ1) is 11.4. The molecule has 0 bridgehead atoms. The maximum absolute atomic E-state index is 13.0. The number of rotatable bonds is 4. The molecule has 0 radical (unpaired) electrons. The second-order valence-electron chi connectivity index (χ2n) is 5.43. The van der Waals surface area contributed by atoms with Crippen molar-refractivity contribution in [2.24, 2.45) is 0 Å². The SMILES string of the molecule is O=C(Nc1nncs1)c1cc(C(F)(F)F)ccc1SC1CCCC1. The van der Waals surface area contributed by atoms with E-state index in [2.05, 4.69) is 15.5 Å². The molecule has 1 aliphatic carbocycles. The van der Waals surface area contributed by atoms with Gasteiger partial charge in [0.25, 0.3) is 5.91 Å². The summed E-state index contributed by atoms with van der Waals surface area (Å²) in [7, 11) is 0. The van der Waals surface area contributed by atoms with Gasteiger partial charge in [0.2, 0.25) is 5.13 Å². The Balaban J connectivity index is 1.90. The van der Waals surface area contributed by atoms with Crippen molar-refractivity contribution in [1.29, 1.82) is 0 Å². The zero-order valence-electron chi connectivity index (χ0n) is 12.5. The molecule has 9 heteroatoms. The summed E-state index contributed by atoms with van der Waals surface area (Å²) in [5.74, 6) is -0.599. The predicted octanol–water partition coefficient (Wildman–Crippen LogP) is 4.84. The highest BCUT2D eigenvalue weighted by molar-refractivity contribution is 8.00. The van der Waals surface area contributed by atoms with Gasteiger partial charge in [-0.05, 0) is 31.0 Å². The summed E-state index contributed by atoms with van der Waals surface area (Å²) in [6, 6.07) is 3.33. The van der Waals surface area contributed by atoms with E-state index in [1.165, 1.54) is 23.3 Å². The zero-order valence-corrected chi connectivity index (χ0v) is 14.1. The second kappa shape index (κ2) is 7.10. The normalized spacial score (nSPS) is 15.6. The number of carbonyl (C=O) groups excluding carboxylic acids is 1. The average molecular weight is 373 g/mol. The number of alkyl halides is 3. The zero-order chi connectivity index (χ0) is 17.2. The molecule has 1 saturated carbocycles. The molecule has 1 aliphatic rings. The van der Waals surface area contributed by atoms with Gasteiger partial charge in [0.05, 0.1) is 11.1 Å². The van der Waals surface area contributed by atoms with E-state index in [1.54, 1.807) is 0 Å². The van der Waals surface area contributed by atoms with Gasteiger partial charge in [0, 0.05) is 10.1 Å². The summed E-state index contributed by atoms with van der Waals surface area (Å²) >= 11 is 2.59. The Hall–Kier alpha value is -1.61. The van der Waals surface area contributed by atoms with Crippen LogP contribution in [0.3, 0.4) is 0 Å². The maximum Gasteiger partial charge on any atom is 0.416 e. The van der Waals surface area contributed by atoms with Crippen LogP contribution < -0.4 is 5.32 Å². The molecule has 3 rings (SSSR count). The van der Waals surface area contributed by atoms with Crippen LogP contribution in [-0.4, -0.2) is 21.4 Å². The smallest absolute Gasteiger partial charge is 0.296 e. The molecule has 128 valence electrons. The Kier molecular flexibility index (Phi) is 5.09. The largest absolute Gasteiger partial charge is 0.416 e. The van der Waals surface area contributed by atoms with E-state index in [1.807, 2.05) is 0 Å². The fraction of sp³-hybridized carbons (Fsp3) is 0.400. The number of anilines is 1. The van der Waals surface area contributed by atoms with Crippen molar-refractivity contribution < 1.29 is 18.0 Å². The third kappa shape index (κ3) is 4.07. The quantitative estimate of drug-likeness (QED) is 0.833. The van der Waals surface area contributed by atoms with Crippen LogP contribution in [0.15, 0.2) is 28.6 Å². The van der Waals surface area contributed by atoms with Crippen LogP contribution in [0.2, 0.25) is 0 Å². The van der Waals surface area contributed by atoms with Crippen LogP contribution in [0.1, 0.15) is 41.6 Å². The van der Waals surface area contributed by atoms with E-state index in [4.69, 9.17) is 0 Å². The fourth-order valence-corrected chi connectivity index (χ4v) is 4.36. The van der Waals surface area contributed by atoms with Crippen LogP contribution in [-0.2, 0) is 6.18 Å². The van der Waals surface area contributed by atoms with E-state index in [0.29, 0.717) is 10.1 Å². The van der Waals surface area contributed by atoms with Gasteiger partial charge in [-0.15, -0.1) is 22.0 Å². The number of nitrogens with zero attached hydrogens (tertiary/aromatic N) is 2. The lowest BCUT2D eigenvalue weighted by Gasteiger charge is -2.15. The van der Waals surface area contributed by atoms with E-state index in [0.717, 1.165) is 49.2 Å². The van der Waals surface area contributed by atoms with E-state index >= 15 is 0 Å². The molecule has 2 aromatic rings. The number of nitrogens with one attached hydrogen (secondary N) is 1. The third-order valence-electron chi connectivity index (χ3n) is 3.73. The molecule has 1 N–H and O–H groups in total. The Morgan fingerprint density at radius 3 is 2.67 bits per heavy atom. The number of hydrogen-bond acceptors (Lipinski definition) is 5. The minimum Gasteiger partial charge on any atom is -0.296 e. The molecular formula is C15H14F3N3OS2. The van der Waals surface area contributed by atoms with Gasteiger partial charge in [0.15, 0.2) is 0 Å². The Morgan fingerprint density at radius 1 is 1.29 bits per heavy atom. The first-order valence-electron chi connectivity index (χ1n) is 7.39. The van der Waals surface area contributed by atoms with Crippen molar-refractivity contribution in [3.8, 4) is 0 Å². The minimum atomic E-state index is -4.49. The van der Waals surface area contributed by atoms with Crippen molar-refractivity contribution in [1.82, 2.24) is 10.2 Å². The van der Waals surface area contributed by atoms with Crippen LogP contribution >= 0.6 is 23.1 Å². The first kappa shape index (κ1) is 17.2. The molecule has 1 fully saturated rings. The number of halogens is 3. The molecule has 1 aromatic carbocycles. The molecule has 1 aromatic heterocycles. The van der Waals surface area contributed by atoms with Crippen molar-refractivity contribution >= 4 is 34.1 Å². The Bertz CT molecular complexity index is 713. The predicted molar refractivity (Wildman–Crippen MR) is 87.4 cm³/mol. The Morgan fingerprint density at radius 2 is 2.04 bits per heavy atom. The highest BCUT2D eigenvalue weighted by Crippen LogP contribution is 2.39. The van der Waals surface area contributed by atoms with Crippen LogP contribution in [0.5, 0.6) is 0 Å². The van der Waals surface area contributed by atoms with Crippen molar-refractivity contribution in [2.45, 2.75) is 42.0 Å². The second-order valence-corrected chi connectivity index (χ2v) is 7.61. The number of carbonyl (C=O) groups is 1. The van der Waals surface area contributed by atoms with Crippen molar-refractivity contribution in [3.63, 3.8) is 0 Å². The lowest BCUT2D eigenvalue weighted by Crippen LogP contribution is -2.15. The average Bonchev–Trinajstić information content (AvgIpc) is 3.20. The molecule has 0 atom stereocenters. The highest BCUT2D eigenvalue weighted by atomic mass is 32.2. The molecule has 1 heterocycles. The third-order valence-corrected chi connectivity index (χ3v) is 5.75. The first-order valence-corrected chi connectivity index (χ1v) is 9.15. The number of aromatic nitrogens is 2. The number of amides is 1. The van der Waals surface area contributed by atoms with Gasteiger partial charge in [-0.2, -0.15) is 13.2 Å².